The second-order valence-electron chi connectivity index (χ2n) is 4.79. The zero-order valence-electron chi connectivity index (χ0n) is 11.5. The first-order valence-corrected chi connectivity index (χ1v) is 6.89. The van der Waals surface area contributed by atoms with Crippen LogP contribution < -0.4 is 0 Å². The zero-order chi connectivity index (χ0) is 13.9. The van der Waals surface area contributed by atoms with Crippen molar-refractivity contribution < 1.29 is 9.53 Å². The van der Waals surface area contributed by atoms with Crippen LogP contribution in [0.1, 0.15) is 18.5 Å². The Morgan fingerprint density at radius 1 is 1.25 bits per heavy atom. The van der Waals surface area contributed by atoms with E-state index in [2.05, 4.69) is 30.3 Å². The molecule has 2 aromatic carbocycles. The second kappa shape index (κ2) is 5.37. The Labute approximate surface area is 118 Å². The third-order valence-corrected chi connectivity index (χ3v) is 3.60. The summed E-state index contributed by atoms with van der Waals surface area (Å²) in [5.41, 5.74) is 1.14. The summed E-state index contributed by atoms with van der Waals surface area (Å²) in [4.78, 5) is 13.8. The lowest BCUT2D eigenvalue weighted by Crippen LogP contribution is -2.31. The predicted octanol–water partition coefficient (Wildman–Crippen LogP) is 3.91. The second-order valence-corrected chi connectivity index (χ2v) is 4.79. The van der Waals surface area contributed by atoms with Gasteiger partial charge in [-0.05, 0) is 23.3 Å². The van der Waals surface area contributed by atoms with Crippen molar-refractivity contribution in [2.45, 2.75) is 13.0 Å². The minimum Gasteiger partial charge on any atom is -0.450 e. The molecule has 0 radical (unpaired) electrons. The molecule has 20 heavy (non-hydrogen) atoms. The number of nitrogens with zero attached hydrogens (tertiary/aromatic N) is 1. The number of benzene rings is 2. The highest BCUT2D eigenvalue weighted by atomic mass is 16.6. The van der Waals surface area contributed by atoms with Crippen LogP contribution in [0, 0.1) is 0 Å². The van der Waals surface area contributed by atoms with Gasteiger partial charge in [0.2, 0.25) is 0 Å². The molecule has 1 aliphatic heterocycles. The van der Waals surface area contributed by atoms with Crippen LogP contribution in [-0.2, 0) is 4.74 Å². The Hall–Kier alpha value is -2.29. The van der Waals surface area contributed by atoms with Crippen LogP contribution in [0.15, 0.2) is 54.6 Å². The molecule has 1 heterocycles. The Morgan fingerprint density at radius 3 is 2.90 bits per heavy atom. The summed E-state index contributed by atoms with van der Waals surface area (Å²) in [7, 11) is 0. The fourth-order valence-corrected chi connectivity index (χ4v) is 2.70. The van der Waals surface area contributed by atoms with E-state index >= 15 is 0 Å². The van der Waals surface area contributed by atoms with Crippen LogP contribution in [0.25, 0.3) is 10.8 Å². The van der Waals surface area contributed by atoms with Gasteiger partial charge in [-0.25, -0.2) is 4.79 Å². The molecule has 102 valence electrons. The number of rotatable bonds is 2. The smallest absolute Gasteiger partial charge is 0.410 e. The average molecular weight is 267 g/mol. The lowest BCUT2D eigenvalue weighted by Gasteiger charge is -2.25. The van der Waals surface area contributed by atoms with Crippen LogP contribution >= 0.6 is 0 Å². The van der Waals surface area contributed by atoms with E-state index < -0.39 is 0 Å². The maximum absolute atomic E-state index is 12.0. The lowest BCUT2D eigenvalue weighted by atomic mass is 9.99. The van der Waals surface area contributed by atoms with E-state index in [9.17, 15) is 4.79 Å². The zero-order valence-corrected chi connectivity index (χ0v) is 11.5. The average Bonchev–Trinajstić information content (AvgIpc) is 2.96. The van der Waals surface area contributed by atoms with Crippen LogP contribution in [0.3, 0.4) is 0 Å². The fourth-order valence-electron chi connectivity index (χ4n) is 2.70. The van der Waals surface area contributed by atoms with Gasteiger partial charge in [0.05, 0.1) is 12.6 Å². The molecule has 1 unspecified atom stereocenters. The number of fused-ring (bicyclic) bond motifs is 1. The molecule has 0 saturated carbocycles. The van der Waals surface area contributed by atoms with Crippen molar-refractivity contribution in [3.63, 3.8) is 0 Å². The number of hydrogen-bond acceptors (Lipinski definition) is 2. The molecule has 3 nitrogen and oxygen atoms in total. The predicted molar refractivity (Wildman–Crippen MR) is 79.6 cm³/mol. The summed E-state index contributed by atoms with van der Waals surface area (Å²) in [6.45, 7) is 2.83. The molecule has 3 heteroatoms. The van der Waals surface area contributed by atoms with Gasteiger partial charge >= 0.3 is 6.09 Å². The number of amides is 1. The Morgan fingerprint density at radius 2 is 2.05 bits per heavy atom. The van der Waals surface area contributed by atoms with Crippen molar-refractivity contribution in [2.24, 2.45) is 0 Å². The van der Waals surface area contributed by atoms with Crippen molar-refractivity contribution >= 4 is 16.9 Å². The van der Waals surface area contributed by atoms with Gasteiger partial charge in [-0.3, -0.25) is 4.90 Å². The highest BCUT2D eigenvalue weighted by Crippen LogP contribution is 2.32. The molecule has 0 saturated heterocycles. The van der Waals surface area contributed by atoms with Crippen molar-refractivity contribution in [1.82, 2.24) is 4.90 Å². The summed E-state index contributed by atoms with van der Waals surface area (Å²) in [5, 5.41) is 2.37. The third kappa shape index (κ3) is 2.16. The van der Waals surface area contributed by atoms with Crippen LogP contribution in [0.4, 0.5) is 4.79 Å². The fraction of sp³-hybridized carbons (Fsp3) is 0.235. The van der Waals surface area contributed by atoms with Gasteiger partial charge in [0, 0.05) is 6.54 Å². The summed E-state index contributed by atoms with van der Waals surface area (Å²) >= 11 is 0. The molecular weight excluding hydrogens is 250 g/mol. The van der Waals surface area contributed by atoms with Crippen molar-refractivity contribution in [3.8, 4) is 0 Å². The standard InChI is InChI=1S/C17H17NO2/c1-2-20-17(19)18-12-6-11-16(18)15-10-5-8-13-7-3-4-9-14(13)15/h3-11,16H,2,12H2,1H3. The van der Waals surface area contributed by atoms with Gasteiger partial charge in [-0.15, -0.1) is 0 Å². The Kier molecular flexibility index (Phi) is 3.42. The number of carbonyl (C=O) groups is 1. The van der Waals surface area contributed by atoms with Gasteiger partial charge in [0.15, 0.2) is 0 Å². The summed E-state index contributed by atoms with van der Waals surface area (Å²) in [6, 6.07) is 14.4. The van der Waals surface area contributed by atoms with E-state index in [-0.39, 0.29) is 12.1 Å². The minimum atomic E-state index is -0.254. The molecule has 0 aromatic heterocycles. The first kappa shape index (κ1) is 12.7. The van der Waals surface area contributed by atoms with Gasteiger partial charge in [-0.2, -0.15) is 0 Å². The van der Waals surface area contributed by atoms with Crippen molar-refractivity contribution in [2.75, 3.05) is 13.2 Å². The lowest BCUT2D eigenvalue weighted by molar-refractivity contribution is 0.106. The number of hydrogen-bond donors (Lipinski definition) is 0. The normalized spacial score (nSPS) is 17.6. The molecular formula is C17H17NO2. The molecule has 0 fully saturated rings. The third-order valence-electron chi connectivity index (χ3n) is 3.60. The van der Waals surface area contributed by atoms with E-state index in [4.69, 9.17) is 4.74 Å². The molecule has 1 amide bonds. The summed E-state index contributed by atoms with van der Waals surface area (Å²) in [6.07, 6.45) is 3.83. The largest absolute Gasteiger partial charge is 0.450 e. The molecule has 0 N–H and O–H groups in total. The quantitative estimate of drug-likeness (QED) is 0.772. The van der Waals surface area contributed by atoms with Crippen LogP contribution in [0.5, 0.6) is 0 Å². The molecule has 0 bridgehead atoms. The van der Waals surface area contributed by atoms with Gasteiger partial charge in [0.25, 0.3) is 0 Å². The molecule has 1 atom stereocenters. The van der Waals surface area contributed by atoms with Crippen molar-refractivity contribution in [3.05, 3.63) is 60.2 Å². The topological polar surface area (TPSA) is 29.5 Å². The maximum atomic E-state index is 12.0. The molecule has 1 aliphatic rings. The van der Waals surface area contributed by atoms with E-state index in [0.29, 0.717) is 13.2 Å². The van der Waals surface area contributed by atoms with E-state index in [1.54, 1.807) is 4.90 Å². The Bertz CT molecular complexity index is 658. The number of ether oxygens (including phenoxy) is 1. The SMILES string of the molecule is CCOC(=O)N1CC=CC1c1cccc2ccccc12. The van der Waals surface area contributed by atoms with Gasteiger partial charge in [0.1, 0.15) is 0 Å². The van der Waals surface area contributed by atoms with Crippen LogP contribution in [-0.4, -0.2) is 24.1 Å². The number of carbonyl (C=O) groups excluding carboxylic acids is 1. The van der Waals surface area contributed by atoms with Crippen molar-refractivity contribution in [1.29, 1.82) is 0 Å². The Balaban J connectivity index is 2.01. The van der Waals surface area contributed by atoms with Gasteiger partial charge < -0.3 is 4.74 Å². The molecule has 0 aliphatic carbocycles. The van der Waals surface area contributed by atoms with E-state index in [0.717, 1.165) is 5.56 Å². The van der Waals surface area contributed by atoms with Crippen LogP contribution in [0.2, 0.25) is 0 Å². The van der Waals surface area contributed by atoms with E-state index in [1.165, 1.54) is 10.8 Å². The minimum absolute atomic E-state index is 0.0415. The highest BCUT2D eigenvalue weighted by molar-refractivity contribution is 5.87. The van der Waals surface area contributed by atoms with Gasteiger partial charge in [-0.1, -0.05) is 54.6 Å². The van der Waals surface area contributed by atoms with E-state index in [1.807, 2.05) is 31.2 Å². The first-order valence-electron chi connectivity index (χ1n) is 6.89. The monoisotopic (exact) mass is 267 g/mol. The highest BCUT2D eigenvalue weighted by Gasteiger charge is 2.27. The molecule has 3 rings (SSSR count). The summed E-state index contributed by atoms with van der Waals surface area (Å²) < 4.78 is 5.14. The summed E-state index contributed by atoms with van der Waals surface area (Å²) in [5.74, 6) is 0. The first-order chi connectivity index (χ1) is 9.81. The molecule has 0 spiro atoms. The maximum Gasteiger partial charge on any atom is 0.410 e. The molecule has 2 aromatic rings.